The molecule has 2 rings (SSSR count). The van der Waals surface area contributed by atoms with Crippen LogP contribution in [0, 0.1) is 6.92 Å². The van der Waals surface area contributed by atoms with E-state index in [1.165, 1.54) is 11.5 Å². The molecule has 2 aromatic rings. The van der Waals surface area contributed by atoms with E-state index in [-0.39, 0.29) is 11.0 Å². The van der Waals surface area contributed by atoms with Crippen LogP contribution in [0.5, 0.6) is 0 Å². The molecule has 1 aromatic carbocycles. The number of nitrogens with zero attached hydrogens (tertiary/aromatic N) is 2. The number of nitrogens with one attached hydrogen (secondary N) is 2. The first-order chi connectivity index (χ1) is 8.65. The van der Waals surface area contributed by atoms with E-state index in [9.17, 15) is 4.79 Å². The highest BCUT2D eigenvalue weighted by Crippen LogP contribution is 2.06. The van der Waals surface area contributed by atoms with Crippen LogP contribution < -0.4 is 10.6 Å². The molecule has 0 radical (unpaired) electrons. The number of aryl methyl sites for hydroxylation is 1. The van der Waals surface area contributed by atoms with Gasteiger partial charge in [-0.2, -0.15) is 4.37 Å². The molecule has 18 heavy (non-hydrogen) atoms. The molecule has 0 spiro atoms. The Bertz CT molecular complexity index is 567. The molecule has 1 amide bonds. The maximum atomic E-state index is 11.8. The molecule has 0 bridgehead atoms. The number of hydrogen-bond donors (Lipinski definition) is 2. The van der Waals surface area contributed by atoms with Crippen LogP contribution in [0.3, 0.4) is 0 Å². The maximum Gasteiger partial charge on any atom is 0.257 e. The molecule has 1 heterocycles. The second kappa shape index (κ2) is 5.65. The Morgan fingerprint density at radius 1 is 1.33 bits per heavy atom. The zero-order valence-corrected chi connectivity index (χ0v) is 11.1. The number of carbonyl (C=O) groups excluding carboxylic acids is 1. The van der Waals surface area contributed by atoms with Gasteiger partial charge in [0.2, 0.25) is 5.95 Å². The van der Waals surface area contributed by atoms with E-state index in [1.54, 1.807) is 24.3 Å². The fourth-order valence-electron chi connectivity index (χ4n) is 1.25. The normalized spacial score (nSPS) is 9.83. The monoisotopic (exact) mass is 278 g/mol. The standard InChI is InChI=1S/C11H10N4OS2/c1-7-12-10(15-18-7)14-11(17)13-9(16)8-5-3-2-4-6-8/h2-6H,1H3,(H2,13,14,15,16,17). The highest BCUT2D eigenvalue weighted by atomic mass is 32.1. The quantitative estimate of drug-likeness (QED) is 0.822. The van der Waals surface area contributed by atoms with Gasteiger partial charge in [-0.15, -0.1) is 0 Å². The molecule has 5 nitrogen and oxygen atoms in total. The average Bonchev–Trinajstić information content (AvgIpc) is 2.75. The van der Waals surface area contributed by atoms with Crippen LogP contribution in [0.25, 0.3) is 0 Å². The van der Waals surface area contributed by atoms with Gasteiger partial charge in [-0.3, -0.25) is 10.1 Å². The third-order valence-corrected chi connectivity index (χ3v) is 2.84. The van der Waals surface area contributed by atoms with E-state index < -0.39 is 0 Å². The highest BCUT2D eigenvalue weighted by molar-refractivity contribution is 7.80. The summed E-state index contributed by atoms with van der Waals surface area (Å²) in [6.07, 6.45) is 0. The van der Waals surface area contributed by atoms with Crippen molar-refractivity contribution in [3.8, 4) is 0 Å². The second-order valence-electron chi connectivity index (χ2n) is 3.41. The fourth-order valence-corrected chi connectivity index (χ4v) is 1.86. The maximum absolute atomic E-state index is 11.8. The van der Waals surface area contributed by atoms with Gasteiger partial charge in [0.25, 0.3) is 5.91 Å². The summed E-state index contributed by atoms with van der Waals surface area (Å²) in [5.74, 6) is 0.135. The Morgan fingerprint density at radius 3 is 2.67 bits per heavy atom. The van der Waals surface area contributed by atoms with Crippen LogP contribution in [-0.4, -0.2) is 20.4 Å². The first-order valence-corrected chi connectivity index (χ1v) is 6.31. The predicted molar refractivity (Wildman–Crippen MR) is 74.8 cm³/mol. The SMILES string of the molecule is Cc1nc(NC(=S)NC(=O)c2ccccc2)ns1. The summed E-state index contributed by atoms with van der Waals surface area (Å²) >= 11 is 6.27. The Morgan fingerprint density at radius 2 is 2.06 bits per heavy atom. The van der Waals surface area contributed by atoms with Crippen molar-refractivity contribution < 1.29 is 4.79 Å². The van der Waals surface area contributed by atoms with Crippen LogP contribution in [0.2, 0.25) is 0 Å². The lowest BCUT2D eigenvalue weighted by atomic mass is 10.2. The minimum Gasteiger partial charge on any atom is -0.300 e. The summed E-state index contributed by atoms with van der Waals surface area (Å²) in [7, 11) is 0. The number of carbonyl (C=O) groups is 1. The summed E-state index contributed by atoms with van der Waals surface area (Å²) in [6, 6.07) is 8.84. The number of thiocarbonyl (C=S) groups is 1. The molecule has 0 aliphatic rings. The Balaban J connectivity index is 1.94. The van der Waals surface area contributed by atoms with Crippen LogP contribution in [0.1, 0.15) is 15.4 Å². The Kier molecular flexibility index (Phi) is 3.96. The number of anilines is 1. The first kappa shape index (κ1) is 12.6. The molecular formula is C11H10N4OS2. The van der Waals surface area contributed by atoms with Crippen molar-refractivity contribution in [2.24, 2.45) is 0 Å². The molecule has 0 unspecified atom stereocenters. The number of amides is 1. The van der Waals surface area contributed by atoms with Crippen molar-refractivity contribution in [1.82, 2.24) is 14.7 Å². The molecule has 0 aliphatic heterocycles. The largest absolute Gasteiger partial charge is 0.300 e. The van der Waals surface area contributed by atoms with E-state index in [2.05, 4.69) is 20.0 Å². The second-order valence-corrected chi connectivity index (χ2v) is 4.78. The predicted octanol–water partition coefficient (Wildman–Crippen LogP) is 1.97. The molecule has 0 aliphatic carbocycles. The third-order valence-electron chi connectivity index (χ3n) is 2.02. The van der Waals surface area contributed by atoms with Crippen molar-refractivity contribution in [1.29, 1.82) is 0 Å². The molecule has 92 valence electrons. The van der Waals surface area contributed by atoms with Crippen molar-refractivity contribution in [3.63, 3.8) is 0 Å². The summed E-state index contributed by atoms with van der Waals surface area (Å²) in [5, 5.41) is 6.32. The van der Waals surface area contributed by atoms with Crippen molar-refractivity contribution in [3.05, 3.63) is 40.9 Å². The van der Waals surface area contributed by atoms with Gasteiger partial charge in [0, 0.05) is 5.56 Å². The lowest BCUT2D eigenvalue weighted by Gasteiger charge is -2.06. The van der Waals surface area contributed by atoms with Gasteiger partial charge in [-0.05, 0) is 42.8 Å². The average molecular weight is 278 g/mol. The highest BCUT2D eigenvalue weighted by Gasteiger charge is 2.08. The third kappa shape index (κ3) is 3.31. The zero-order chi connectivity index (χ0) is 13.0. The summed E-state index contributed by atoms with van der Waals surface area (Å²) < 4.78 is 4.02. The van der Waals surface area contributed by atoms with Crippen LogP contribution >= 0.6 is 23.8 Å². The smallest absolute Gasteiger partial charge is 0.257 e. The first-order valence-electron chi connectivity index (χ1n) is 5.13. The summed E-state index contributed by atoms with van der Waals surface area (Å²) in [5.41, 5.74) is 0.545. The van der Waals surface area contributed by atoms with E-state index >= 15 is 0 Å². The minimum absolute atomic E-state index is 0.182. The van der Waals surface area contributed by atoms with Crippen molar-refractivity contribution in [2.45, 2.75) is 6.92 Å². The van der Waals surface area contributed by atoms with E-state index in [1.807, 2.05) is 13.0 Å². The van der Waals surface area contributed by atoms with E-state index in [4.69, 9.17) is 12.2 Å². The van der Waals surface area contributed by atoms with E-state index in [0.29, 0.717) is 11.5 Å². The van der Waals surface area contributed by atoms with Crippen molar-refractivity contribution >= 4 is 40.7 Å². The number of benzene rings is 1. The molecular weight excluding hydrogens is 268 g/mol. The molecule has 1 aromatic heterocycles. The van der Waals surface area contributed by atoms with Crippen LogP contribution in [0.15, 0.2) is 30.3 Å². The van der Waals surface area contributed by atoms with Gasteiger partial charge in [0.1, 0.15) is 5.01 Å². The molecule has 0 saturated carbocycles. The molecule has 7 heteroatoms. The lowest BCUT2D eigenvalue weighted by molar-refractivity contribution is 0.0978. The van der Waals surface area contributed by atoms with Crippen molar-refractivity contribution in [2.75, 3.05) is 5.32 Å². The molecule has 0 atom stereocenters. The van der Waals surface area contributed by atoms with Crippen LogP contribution in [0.4, 0.5) is 5.95 Å². The number of hydrogen-bond acceptors (Lipinski definition) is 5. The summed E-state index contributed by atoms with van der Waals surface area (Å²) in [4.78, 5) is 15.9. The number of aromatic nitrogens is 2. The minimum atomic E-state index is -0.264. The van der Waals surface area contributed by atoms with Gasteiger partial charge in [-0.1, -0.05) is 18.2 Å². The Hall–Kier alpha value is -1.86. The van der Waals surface area contributed by atoms with Gasteiger partial charge < -0.3 is 5.32 Å². The zero-order valence-electron chi connectivity index (χ0n) is 9.51. The molecule has 2 N–H and O–H groups in total. The lowest BCUT2D eigenvalue weighted by Crippen LogP contribution is -2.34. The van der Waals surface area contributed by atoms with Gasteiger partial charge in [0.05, 0.1) is 0 Å². The van der Waals surface area contributed by atoms with Crippen LogP contribution in [-0.2, 0) is 0 Å². The topological polar surface area (TPSA) is 66.9 Å². The molecule has 0 saturated heterocycles. The fraction of sp³-hybridized carbons (Fsp3) is 0.0909. The van der Waals surface area contributed by atoms with Gasteiger partial charge in [-0.25, -0.2) is 4.98 Å². The molecule has 0 fully saturated rings. The van der Waals surface area contributed by atoms with Gasteiger partial charge >= 0.3 is 0 Å². The van der Waals surface area contributed by atoms with Gasteiger partial charge in [0.15, 0.2) is 5.11 Å². The number of rotatable bonds is 2. The van der Waals surface area contributed by atoms with E-state index in [0.717, 1.165) is 5.01 Å². The Labute approximate surface area is 113 Å². The summed E-state index contributed by atoms with van der Waals surface area (Å²) in [6.45, 7) is 1.84.